The van der Waals surface area contributed by atoms with Crippen molar-refractivity contribution in [3.8, 4) is 11.6 Å². The molecule has 0 unspecified atom stereocenters. The summed E-state index contributed by atoms with van der Waals surface area (Å²) >= 11 is 0. The fraction of sp³-hybridized carbons (Fsp3) is 0.200. The quantitative estimate of drug-likeness (QED) is 0.929. The molecule has 0 radical (unpaired) electrons. The van der Waals surface area contributed by atoms with Crippen molar-refractivity contribution in [3.63, 3.8) is 0 Å². The molecule has 0 aliphatic carbocycles. The molecule has 0 bridgehead atoms. The number of ether oxygens (including phenoxy) is 1. The predicted octanol–water partition coefficient (Wildman–Crippen LogP) is 3.64. The van der Waals surface area contributed by atoms with Crippen LogP contribution in [0, 0.1) is 26.6 Å². The average Bonchev–Trinajstić information content (AvgIpc) is 2.37. The average molecular weight is 275 g/mol. The maximum atomic E-state index is 14.0. The van der Waals surface area contributed by atoms with Gasteiger partial charge in [0.05, 0.1) is 0 Å². The molecule has 0 fully saturated rings. The number of aryl methyl sites for hydroxylation is 2. The van der Waals surface area contributed by atoms with Crippen LogP contribution in [0.25, 0.3) is 0 Å². The Balaban J connectivity index is 2.46. The Morgan fingerprint density at radius 1 is 1.30 bits per heavy atom. The Morgan fingerprint density at radius 3 is 2.65 bits per heavy atom. The second kappa shape index (κ2) is 5.28. The molecular formula is C15H14FNO3. The summed E-state index contributed by atoms with van der Waals surface area (Å²) in [6, 6.07) is 4.84. The zero-order chi connectivity index (χ0) is 14.9. The van der Waals surface area contributed by atoms with Gasteiger partial charge in [0.2, 0.25) is 0 Å². The van der Waals surface area contributed by atoms with E-state index < -0.39 is 17.3 Å². The lowest BCUT2D eigenvalue weighted by molar-refractivity contribution is 0.0690. The summed E-state index contributed by atoms with van der Waals surface area (Å²) in [5.74, 6) is -2.19. The van der Waals surface area contributed by atoms with E-state index in [0.29, 0.717) is 5.75 Å². The van der Waals surface area contributed by atoms with Crippen molar-refractivity contribution >= 4 is 5.97 Å². The van der Waals surface area contributed by atoms with Gasteiger partial charge in [-0.1, -0.05) is 6.07 Å². The first-order valence-electron chi connectivity index (χ1n) is 6.03. The Kier molecular flexibility index (Phi) is 3.70. The topological polar surface area (TPSA) is 59.4 Å². The van der Waals surface area contributed by atoms with E-state index in [9.17, 15) is 9.18 Å². The molecule has 1 N–H and O–H groups in total. The molecule has 4 nitrogen and oxygen atoms in total. The number of halogens is 1. The molecule has 20 heavy (non-hydrogen) atoms. The summed E-state index contributed by atoms with van der Waals surface area (Å²) in [5.41, 5.74) is 2.38. The molecule has 2 aromatic rings. The second-order valence-electron chi connectivity index (χ2n) is 4.59. The normalized spacial score (nSPS) is 10.4. The SMILES string of the molecule is Cc1cc(C)c(C)c(Oc2nccc(C(=O)O)c2F)c1. The molecule has 0 saturated heterocycles. The fourth-order valence-corrected chi connectivity index (χ4v) is 1.87. The van der Waals surface area contributed by atoms with Gasteiger partial charge in [-0.25, -0.2) is 14.2 Å². The van der Waals surface area contributed by atoms with Crippen molar-refractivity contribution in [1.82, 2.24) is 4.98 Å². The number of carbonyl (C=O) groups is 1. The smallest absolute Gasteiger partial charge is 0.338 e. The fourth-order valence-electron chi connectivity index (χ4n) is 1.87. The molecule has 0 amide bonds. The van der Waals surface area contributed by atoms with Gasteiger partial charge in [-0.2, -0.15) is 0 Å². The third-order valence-electron chi connectivity index (χ3n) is 3.06. The Labute approximate surface area is 115 Å². The van der Waals surface area contributed by atoms with Crippen molar-refractivity contribution in [2.24, 2.45) is 0 Å². The molecule has 5 heteroatoms. The summed E-state index contributed by atoms with van der Waals surface area (Å²) in [4.78, 5) is 14.6. The van der Waals surface area contributed by atoms with E-state index in [1.807, 2.05) is 26.8 Å². The van der Waals surface area contributed by atoms with E-state index in [2.05, 4.69) is 4.98 Å². The molecular weight excluding hydrogens is 261 g/mol. The third-order valence-corrected chi connectivity index (χ3v) is 3.06. The van der Waals surface area contributed by atoms with Crippen LogP contribution in [-0.2, 0) is 0 Å². The van der Waals surface area contributed by atoms with E-state index in [1.54, 1.807) is 6.07 Å². The van der Waals surface area contributed by atoms with Gasteiger partial charge < -0.3 is 9.84 Å². The van der Waals surface area contributed by atoms with Gasteiger partial charge in [-0.15, -0.1) is 0 Å². The molecule has 104 valence electrons. The van der Waals surface area contributed by atoms with E-state index in [4.69, 9.17) is 9.84 Å². The van der Waals surface area contributed by atoms with Gasteiger partial charge in [0.15, 0.2) is 5.82 Å². The van der Waals surface area contributed by atoms with Crippen LogP contribution >= 0.6 is 0 Å². The molecule has 0 spiro atoms. The van der Waals surface area contributed by atoms with Crippen LogP contribution in [0.1, 0.15) is 27.0 Å². The number of aromatic carboxylic acids is 1. The van der Waals surface area contributed by atoms with Crippen molar-refractivity contribution < 1.29 is 19.0 Å². The van der Waals surface area contributed by atoms with Crippen LogP contribution in [-0.4, -0.2) is 16.1 Å². The van der Waals surface area contributed by atoms with E-state index in [0.717, 1.165) is 22.8 Å². The van der Waals surface area contributed by atoms with Gasteiger partial charge in [-0.05, 0) is 49.6 Å². The Morgan fingerprint density at radius 2 is 2.00 bits per heavy atom. The van der Waals surface area contributed by atoms with Crippen LogP contribution in [0.15, 0.2) is 24.4 Å². The maximum absolute atomic E-state index is 14.0. The number of benzene rings is 1. The predicted molar refractivity (Wildman–Crippen MR) is 71.9 cm³/mol. The molecule has 2 rings (SSSR count). The highest BCUT2D eigenvalue weighted by Gasteiger charge is 2.17. The van der Waals surface area contributed by atoms with E-state index in [1.165, 1.54) is 6.20 Å². The zero-order valence-electron chi connectivity index (χ0n) is 11.4. The van der Waals surface area contributed by atoms with Crippen molar-refractivity contribution in [2.45, 2.75) is 20.8 Å². The number of nitrogens with zero attached hydrogens (tertiary/aromatic N) is 1. The summed E-state index contributed by atoms with van der Waals surface area (Å²) in [5, 5.41) is 8.88. The lowest BCUT2D eigenvalue weighted by Gasteiger charge is -2.12. The summed E-state index contributed by atoms with van der Waals surface area (Å²) in [6.07, 6.45) is 1.21. The van der Waals surface area contributed by atoms with Crippen LogP contribution < -0.4 is 4.74 Å². The summed E-state index contributed by atoms with van der Waals surface area (Å²) < 4.78 is 19.4. The van der Waals surface area contributed by atoms with Gasteiger partial charge in [-0.3, -0.25) is 0 Å². The first kappa shape index (κ1) is 14.0. The van der Waals surface area contributed by atoms with Crippen LogP contribution in [0.2, 0.25) is 0 Å². The number of rotatable bonds is 3. The lowest BCUT2D eigenvalue weighted by Crippen LogP contribution is -2.04. The van der Waals surface area contributed by atoms with Gasteiger partial charge in [0.25, 0.3) is 5.88 Å². The zero-order valence-corrected chi connectivity index (χ0v) is 11.4. The minimum Gasteiger partial charge on any atom is -0.478 e. The molecule has 0 aliphatic heterocycles. The van der Waals surface area contributed by atoms with Crippen LogP contribution in [0.5, 0.6) is 11.6 Å². The molecule has 0 atom stereocenters. The number of pyridine rings is 1. The summed E-state index contributed by atoms with van der Waals surface area (Å²) in [6.45, 7) is 5.67. The molecule has 1 heterocycles. The maximum Gasteiger partial charge on any atom is 0.338 e. The minimum atomic E-state index is -1.35. The Bertz CT molecular complexity index is 683. The van der Waals surface area contributed by atoms with Crippen molar-refractivity contribution in [2.75, 3.05) is 0 Å². The largest absolute Gasteiger partial charge is 0.478 e. The molecule has 1 aromatic carbocycles. The number of carboxylic acids is 1. The van der Waals surface area contributed by atoms with Crippen LogP contribution in [0.3, 0.4) is 0 Å². The lowest BCUT2D eigenvalue weighted by atomic mass is 10.1. The number of aromatic nitrogens is 1. The van der Waals surface area contributed by atoms with Crippen LogP contribution in [0.4, 0.5) is 4.39 Å². The van der Waals surface area contributed by atoms with E-state index in [-0.39, 0.29) is 5.88 Å². The molecule has 0 saturated carbocycles. The first-order chi connectivity index (χ1) is 9.40. The minimum absolute atomic E-state index is 0.335. The summed E-state index contributed by atoms with van der Waals surface area (Å²) in [7, 11) is 0. The Hall–Kier alpha value is -2.43. The van der Waals surface area contributed by atoms with Crippen molar-refractivity contribution in [3.05, 3.63) is 52.5 Å². The van der Waals surface area contributed by atoms with E-state index >= 15 is 0 Å². The molecule has 1 aromatic heterocycles. The highest BCUT2D eigenvalue weighted by atomic mass is 19.1. The molecule has 0 aliphatic rings. The van der Waals surface area contributed by atoms with Gasteiger partial charge in [0, 0.05) is 6.20 Å². The number of carboxylic acid groups (broad SMARTS) is 1. The highest BCUT2D eigenvalue weighted by Crippen LogP contribution is 2.29. The second-order valence-corrected chi connectivity index (χ2v) is 4.59. The van der Waals surface area contributed by atoms with Crippen molar-refractivity contribution in [1.29, 1.82) is 0 Å². The monoisotopic (exact) mass is 275 g/mol. The highest BCUT2D eigenvalue weighted by molar-refractivity contribution is 5.88. The number of hydrogen-bond donors (Lipinski definition) is 1. The van der Waals surface area contributed by atoms with Gasteiger partial charge in [0.1, 0.15) is 11.3 Å². The van der Waals surface area contributed by atoms with Gasteiger partial charge >= 0.3 is 5.97 Å². The third kappa shape index (κ3) is 2.61. The number of hydrogen-bond acceptors (Lipinski definition) is 3. The first-order valence-corrected chi connectivity index (χ1v) is 6.03. The standard InChI is InChI=1S/C15H14FNO3/c1-8-6-9(2)10(3)12(7-8)20-14-13(16)11(15(18)19)4-5-17-14/h4-7H,1-3H3,(H,18,19).